The van der Waals surface area contributed by atoms with E-state index in [9.17, 15) is 24.3 Å². The molecule has 4 aromatic carbocycles. The van der Waals surface area contributed by atoms with Gasteiger partial charge in [-0.2, -0.15) is 0 Å². The number of aliphatic hydroxyl groups excluding tert-OH is 1. The lowest BCUT2D eigenvalue weighted by molar-refractivity contribution is -0.133. The molecule has 2 aromatic heterocycles. The molecule has 4 amide bonds. The highest BCUT2D eigenvalue weighted by Crippen LogP contribution is 2.23. The standard InChI is InChI=1S/C47H56N8O5/c1-29(2)42(46(59)48-27-40-50-36-19-11-12-20-37(36)51-40)54-44(57)33(23-31-15-7-5-8-16-31)25-35(56)26-34(24-32-17-9-6-10-18-32)45(58)55-43(30(3)4)47(60)49-28-41-52-38-21-13-14-22-39(38)53-41/h5-22,29-30,33-35,42-43,56H,23-28H2,1-4H3,(H,48,59)(H,49,60)(H,50,51)(H,52,53)(H,54,57)(H,55,58)/t33-,34-,42-,43-/m0/s1. The van der Waals surface area contributed by atoms with Gasteiger partial charge in [0.15, 0.2) is 0 Å². The minimum Gasteiger partial charge on any atom is -0.393 e. The van der Waals surface area contributed by atoms with E-state index < -0.39 is 30.0 Å². The lowest BCUT2D eigenvalue weighted by Crippen LogP contribution is -2.52. The highest BCUT2D eigenvalue weighted by atomic mass is 16.3. The monoisotopic (exact) mass is 812 g/mol. The molecule has 0 unspecified atom stereocenters. The van der Waals surface area contributed by atoms with Gasteiger partial charge < -0.3 is 36.3 Å². The zero-order valence-corrected chi connectivity index (χ0v) is 34.7. The van der Waals surface area contributed by atoms with Crippen molar-refractivity contribution >= 4 is 45.7 Å². The van der Waals surface area contributed by atoms with Crippen LogP contribution in [-0.2, 0) is 45.1 Å². The number of nitrogens with one attached hydrogen (secondary N) is 6. The second-order valence-electron chi connectivity index (χ2n) is 16.2. The van der Waals surface area contributed by atoms with Crippen molar-refractivity contribution in [1.29, 1.82) is 0 Å². The van der Waals surface area contributed by atoms with Crippen molar-refractivity contribution in [3.63, 3.8) is 0 Å². The van der Waals surface area contributed by atoms with Gasteiger partial charge in [-0.1, -0.05) is 113 Å². The van der Waals surface area contributed by atoms with Crippen LogP contribution in [0.15, 0.2) is 109 Å². The topological polar surface area (TPSA) is 194 Å². The minimum absolute atomic E-state index is 0.0380. The molecule has 0 saturated carbocycles. The summed E-state index contributed by atoms with van der Waals surface area (Å²) >= 11 is 0. The number of H-pyrrole nitrogens is 2. The molecule has 6 aromatic rings. The number of nitrogens with zero attached hydrogens (tertiary/aromatic N) is 2. The van der Waals surface area contributed by atoms with Crippen LogP contribution in [0.3, 0.4) is 0 Å². The zero-order chi connectivity index (χ0) is 42.6. The second-order valence-corrected chi connectivity index (χ2v) is 16.2. The van der Waals surface area contributed by atoms with Crippen LogP contribution in [0.4, 0.5) is 0 Å². The van der Waals surface area contributed by atoms with Gasteiger partial charge in [-0.05, 0) is 72.9 Å². The molecule has 314 valence electrons. The molecule has 6 rings (SSSR count). The Morgan fingerprint density at radius 3 is 1.27 bits per heavy atom. The first-order chi connectivity index (χ1) is 28.9. The van der Waals surface area contributed by atoms with E-state index in [0.29, 0.717) is 24.5 Å². The summed E-state index contributed by atoms with van der Waals surface area (Å²) in [5.74, 6) is -2.18. The van der Waals surface area contributed by atoms with Crippen LogP contribution in [0.5, 0.6) is 0 Å². The number of amides is 4. The Bertz CT molecular complexity index is 2110. The molecular formula is C47H56N8O5. The molecular weight excluding hydrogens is 757 g/mol. The van der Waals surface area contributed by atoms with E-state index in [0.717, 1.165) is 33.2 Å². The van der Waals surface area contributed by atoms with Crippen LogP contribution in [0.25, 0.3) is 22.1 Å². The van der Waals surface area contributed by atoms with Crippen LogP contribution in [0.2, 0.25) is 0 Å². The predicted molar refractivity (Wildman–Crippen MR) is 232 cm³/mol. The number of carbonyl (C=O) groups excluding carboxylic acids is 4. The van der Waals surface area contributed by atoms with E-state index >= 15 is 0 Å². The molecule has 0 fully saturated rings. The summed E-state index contributed by atoms with van der Waals surface area (Å²) in [5, 5.41) is 23.5. The van der Waals surface area contributed by atoms with Crippen molar-refractivity contribution < 1.29 is 24.3 Å². The third kappa shape index (κ3) is 11.9. The van der Waals surface area contributed by atoms with Crippen molar-refractivity contribution in [3.8, 4) is 0 Å². The van der Waals surface area contributed by atoms with Gasteiger partial charge in [-0.25, -0.2) is 9.97 Å². The summed E-state index contributed by atoms with van der Waals surface area (Å²) in [7, 11) is 0. The Morgan fingerprint density at radius 2 is 0.900 bits per heavy atom. The number of carbonyl (C=O) groups is 4. The van der Waals surface area contributed by atoms with E-state index in [4.69, 9.17) is 0 Å². The van der Waals surface area contributed by atoms with E-state index in [1.165, 1.54) is 0 Å². The maximum atomic E-state index is 14.2. The fourth-order valence-electron chi connectivity index (χ4n) is 7.47. The molecule has 0 radical (unpaired) electrons. The summed E-state index contributed by atoms with van der Waals surface area (Å²) in [5.41, 5.74) is 5.10. The van der Waals surface area contributed by atoms with Gasteiger partial charge in [0.1, 0.15) is 23.7 Å². The molecule has 4 atom stereocenters. The van der Waals surface area contributed by atoms with Crippen molar-refractivity contribution in [3.05, 3.63) is 132 Å². The number of hydrogen-bond donors (Lipinski definition) is 7. The van der Waals surface area contributed by atoms with E-state index in [-0.39, 0.29) is 61.4 Å². The molecule has 0 aliphatic rings. The zero-order valence-electron chi connectivity index (χ0n) is 34.7. The first kappa shape index (κ1) is 43.2. The SMILES string of the molecule is CC(C)[C@H](NC(=O)[C@@H](Cc1ccccc1)CC(O)C[C@H](Cc1ccccc1)C(=O)N[C@H](C(=O)NCc1nc2ccccc2[nH]1)C(C)C)C(=O)NCc1nc2ccccc2[nH]1. The lowest BCUT2D eigenvalue weighted by atomic mass is 9.86. The fraction of sp³-hybridized carbons (Fsp3) is 0.362. The number of aromatic nitrogens is 4. The summed E-state index contributed by atoms with van der Waals surface area (Å²) in [6.45, 7) is 7.77. The number of benzene rings is 4. The van der Waals surface area contributed by atoms with Gasteiger partial charge in [0, 0.05) is 11.8 Å². The third-order valence-electron chi connectivity index (χ3n) is 10.7. The highest BCUT2D eigenvalue weighted by Gasteiger charge is 2.33. The summed E-state index contributed by atoms with van der Waals surface area (Å²) < 4.78 is 0. The number of aliphatic hydroxyl groups is 1. The number of imidazole rings is 2. The van der Waals surface area contributed by atoms with Gasteiger partial charge in [0.05, 0.1) is 41.3 Å². The second kappa shape index (κ2) is 20.6. The van der Waals surface area contributed by atoms with Gasteiger partial charge >= 0.3 is 0 Å². The molecule has 0 aliphatic carbocycles. The molecule has 0 aliphatic heterocycles. The number of aromatic amines is 2. The lowest BCUT2D eigenvalue weighted by Gasteiger charge is -2.28. The van der Waals surface area contributed by atoms with Crippen LogP contribution in [0.1, 0.15) is 63.3 Å². The molecule has 60 heavy (non-hydrogen) atoms. The molecule has 0 spiro atoms. The van der Waals surface area contributed by atoms with Gasteiger partial charge in [0.2, 0.25) is 23.6 Å². The molecule has 0 saturated heterocycles. The first-order valence-electron chi connectivity index (χ1n) is 20.7. The van der Waals surface area contributed by atoms with Crippen LogP contribution in [-0.4, -0.2) is 66.9 Å². The van der Waals surface area contributed by atoms with E-state index in [2.05, 4.69) is 41.2 Å². The molecule has 13 heteroatoms. The fourth-order valence-corrected chi connectivity index (χ4v) is 7.47. The average Bonchev–Trinajstić information content (AvgIpc) is 3.87. The Balaban J connectivity index is 1.13. The third-order valence-corrected chi connectivity index (χ3v) is 10.7. The number of fused-ring (bicyclic) bond motifs is 2. The molecule has 0 bridgehead atoms. The molecule has 7 N–H and O–H groups in total. The van der Waals surface area contributed by atoms with Crippen LogP contribution >= 0.6 is 0 Å². The number of hydrogen-bond acceptors (Lipinski definition) is 7. The van der Waals surface area contributed by atoms with Gasteiger partial charge in [0.25, 0.3) is 0 Å². The minimum atomic E-state index is -1.07. The average molecular weight is 813 g/mol. The Morgan fingerprint density at radius 1 is 0.533 bits per heavy atom. The van der Waals surface area contributed by atoms with E-state index in [1.54, 1.807) is 0 Å². The summed E-state index contributed by atoms with van der Waals surface area (Å²) in [6, 6.07) is 32.5. The van der Waals surface area contributed by atoms with Gasteiger partial charge in [-0.3, -0.25) is 19.2 Å². The quantitative estimate of drug-likeness (QED) is 0.0528. The molecule has 2 heterocycles. The van der Waals surface area contributed by atoms with Crippen molar-refractivity contribution in [1.82, 2.24) is 41.2 Å². The number of para-hydroxylation sites is 4. The summed E-state index contributed by atoms with van der Waals surface area (Å²) in [6.07, 6.45) is -0.369. The maximum absolute atomic E-state index is 14.2. The highest BCUT2D eigenvalue weighted by molar-refractivity contribution is 5.90. The number of rotatable bonds is 20. The summed E-state index contributed by atoms with van der Waals surface area (Å²) in [4.78, 5) is 70.9. The Kier molecular flexibility index (Phi) is 14.8. The van der Waals surface area contributed by atoms with Crippen LogP contribution < -0.4 is 21.3 Å². The van der Waals surface area contributed by atoms with Crippen molar-refractivity contribution in [2.75, 3.05) is 0 Å². The largest absolute Gasteiger partial charge is 0.393 e. The van der Waals surface area contributed by atoms with Crippen molar-refractivity contribution in [2.24, 2.45) is 23.7 Å². The van der Waals surface area contributed by atoms with Crippen molar-refractivity contribution in [2.45, 2.75) is 84.7 Å². The van der Waals surface area contributed by atoms with Crippen LogP contribution in [0, 0.1) is 23.7 Å². The Labute approximate surface area is 350 Å². The predicted octanol–water partition coefficient (Wildman–Crippen LogP) is 5.51. The van der Waals surface area contributed by atoms with Gasteiger partial charge in [-0.15, -0.1) is 0 Å². The Hall–Kier alpha value is -6.34. The molecule has 13 nitrogen and oxygen atoms in total. The first-order valence-corrected chi connectivity index (χ1v) is 20.7. The van der Waals surface area contributed by atoms with E-state index in [1.807, 2.05) is 137 Å². The smallest absolute Gasteiger partial charge is 0.243 e. The maximum Gasteiger partial charge on any atom is 0.243 e. The normalized spacial score (nSPS) is 13.6.